The monoisotopic (exact) mass is 459 g/mol. The van der Waals surface area contributed by atoms with Gasteiger partial charge in [-0.2, -0.15) is 8.42 Å². The van der Waals surface area contributed by atoms with Gasteiger partial charge in [0.2, 0.25) is 0 Å². The molecule has 0 aliphatic heterocycles. The van der Waals surface area contributed by atoms with Crippen LogP contribution in [0.1, 0.15) is 19.9 Å². The van der Waals surface area contributed by atoms with Crippen LogP contribution in [0, 0.1) is 0 Å². The number of ether oxygens (including phenoxy) is 1. The van der Waals surface area contributed by atoms with Crippen molar-refractivity contribution < 1.29 is 23.4 Å². The van der Waals surface area contributed by atoms with Gasteiger partial charge in [-0.25, -0.2) is 14.8 Å². The maximum Gasteiger partial charge on any atom is 0.297 e. The lowest BCUT2D eigenvalue weighted by Gasteiger charge is -2.13. The molecule has 0 saturated carbocycles. The van der Waals surface area contributed by atoms with E-state index in [-0.39, 0.29) is 40.5 Å². The van der Waals surface area contributed by atoms with E-state index in [1.807, 2.05) is 24.5 Å². The fourth-order valence-electron chi connectivity index (χ4n) is 3.44. The predicted octanol–water partition coefficient (Wildman–Crippen LogP) is 1.90. The maximum atomic E-state index is 11.8. The van der Waals surface area contributed by atoms with E-state index in [0.717, 1.165) is 11.6 Å². The summed E-state index contributed by atoms with van der Waals surface area (Å²) in [7, 11) is -2.83. The smallest absolute Gasteiger partial charge is 0.297 e. The molecule has 168 valence electrons. The van der Waals surface area contributed by atoms with Gasteiger partial charge in [-0.15, -0.1) is 5.10 Å². The van der Waals surface area contributed by atoms with E-state index < -0.39 is 10.2 Å². The molecule has 0 amide bonds. The van der Waals surface area contributed by atoms with Crippen LogP contribution in [-0.2, 0) is 10.2 Å². The second-order valence-corrected chi connectivity index (χ2v) is 8.57. The van der Waals surface area contributed by atoms with E-state index in [9.17, 15) is 18.6 Å². The lowest BCUT2D eigenvalue weighted by Crippen LogP contribution is -2.22. The first-order chi connectivity index (χ1) is 15.1. The number of nitrogens with two attached hydrogens (primary N) is 1. The van der Waals surface area contributed by atoms with Crippen LogP contribution in [0.2, 0.25) is 0 Å². The Balaban J connectivity index is 2.04. The molecule has 13 heteroatoms. The zero-order valence-electron chi connectivity index (χ0n) is 17.4. The quantitative estimate of drug-likeness (QED) is 0.339. The molecule has 4 aromatic rings. The van der Waals surface area contributed by atoms with Crippen molar-refractivity contribution in [1.82, 2.24) is 24.5 Å². The number of anilines is 1. The standard InChI is InChI=1S/C19H21N7O5S/c1-10(2)25-9-21-17-11(5-4-6-12(17)25)18-19(23-32(20,29)30)22-24-26(18)13-7-16(31-3)15(28)8-14(13)27/h4-10,23,27-28H,1-3H3,(H2,20,29,30). The highest BCUT2D eigenvalue weighted by Gasteiger charge is 2.25. The number of imidazole rings is 1. The Morgan fingerprint density at radius 3 is 2.59 bits per heavy atom. The molecule has 0 spiro atoms. The van der Waals surface area contributed by atoms with Crippen molar-refractivity contribution >= 4 is 27.1 Å². The molecule has 0 atom stereocenters. The minimum atomic E-state index is -4.19. The number of methoxy groups -OCH3 is 1. The fraction of sp³-hybridized carbons (Fsp3) is 0.211. The van der Waals surface area contributed by atoms with E-state index in [2.05, 4.69) is 20.0 Å². The number of hydrogen-bond acceptors (Lipinski definition) is 8. The molecule has 0 aliphatic carbocycles. The molecular weight excluding hydrogens is 438 g/mol. The highest BCUT2D eigenvalue weighted by molar-refractivity contribution is 7.90. The number of rotatable bonds is 6. The largest absolute Gasteiger partial charge is 0.506 e. The average molecular weight is 459 g/mol. The minimum Gasteiger partial charge on any atom is -0.506 e. The molecule has 0 fully saturated rings. The highest BCUT2D eigenvalue weighted by Crippen LogP contribution is 2.39. The zero-order valence-corrected chi connectivity index (χ0v) is 18.2. The van der Waals surface area contributed by atoms with Gasteiger partial charge in [0.25, 0.3) is 10.2 Å². The molecular formula is C19H21N7O5S. The third-order valence-electron chi connectivity index (χ3n) is 4.83. The summed E-state index contributed by atoms with van der Waals surface area (Å²) in [4.78, 5) is 4.50. The first kappa shape index (κ1) is 21.4. The first-order valence-corrected chi connectivity index (χ1v) is 11.0. The molecule has 0 aliphatic rings. The summed E-state index contributed by atoms with van der Waals surface area (Å²) in [6, 6.07) is 7.95. The van der Waals surface area contributed by atoms with Crippen LogP contribution in [0.4, 0.5) is 5.82 Å². The zero-order chi connectivity index (χ0) is 23.2. The van der Waals surface area contributed by atoms with E-state index >= 15 is 0 Å². The Kier molecular flexibility index (Phi) is 5.14. The first-order valence-electron chi connectivity index (χ1n) is 9.43. The summed E-state index contributed by atoms with van der Waals surface area (Å²) in [5, 5.41) is 33.5. The Morgan fingerprint density at radius 2 is 1.94 bits per heavy atom. The lowest BCUT2D eigenvalue weighted by atomic mass is 10.1. The fourth-order valence-corrected chi connectivity index (χ4v) is 3.84. The molecule has 0 radical (unpaired) electrons. The van der Waals surface area contributed by atoms with E-state index in [1.165, 1.54) is 17.9 Å². The molecule has 32 heavy (non-hydrogen) atoms. The molecule has 2 aromatic carbocycles. The average Bonchev–Trinajstić information content (AvgIpc) is 3.31. The van der Waals surface area contributed by atoms with E-state index in [0.29, 0.717) is 11.1 Å². The van der Waals surface area contributed by atoms with Crippen molar-refractivity contribution in [3.05, 3.63) is 36.7 Å². The third kappa shape index (κ3) is 3.67. The number of phenolic OH excluding ortho intramolecular Hbond substituents is 2. The van der Waals surface area contributed by atoms with Gasteiger partial charge in [0.05, 0.1) is 24.5 Å². The van der Waals surface area contributed by atoms with E-state index in [1.54, 1.807) is 18.5 Å². The molecule has 0 saturated heterocycles. The van der Waals surface area contributed by atoms with Crippen LogP contribution in [0.3, 0.4) is 0 Å². The summed E-state index contributed by atoms with van der Waals surface area (Å²) in [6.07, 6.45) is 1.68. The summed E-state index contributed by atoms with van der Waals surface area (Å²) in [5.74, 6) is -0.708. The number of phenols is 2. The second-order valence-electron chi connectivity index (χ2n) is 7.28. The van der Waals surface area contributed by atoms with Crippen LogP contribution in [-0.4, -0.2) is 50.3 Å². The van der Waals surface area contributed by atoms with E-state index in [4.69, 9.17) is 9.88 Å². The summed E-state index contributed by atoms with van der Waals surface area (Å²) < 4.78 is 34.0. The Hall–Kier alpha value is -3.84. The Bertz CT molecular complexity index is 1430. The minimum absolute atomic E-state index is 0.0718. The highest BCUT2D eigenvalue weighted by atomic mass is 32.2. The number of aromatic nitrogens is 5. The van der Waals surface area contributed by atoms with Crippen molar-refractivity contribution in [3.8, 4) is 34.2 Å². The van der Waals surface area contributed by atoms with Gasteiger partial charge < -0.3 is 19.5 Å². The number of hydrogen-bond donors (Lipinski definition) is 4. The number of nitrogens with zero attached hydrogens (tertiary/aromatic N) is 5. The summed E-state index contributed by atoms with van der Waals surface area (Å²) >= 11 is 0. The van der Waals surface area contributed by atoms with Gasteiger partial charge in [0, 0.05) is 23.7 Å². The number of benzene rings is 2. The topological polar surface area (TPSA) is 170 Å². The second kappa shape index (κ2) is 7.69. The number of nitrogens with one attached hydrogen (secondary N) is 1. The van der Waals surface area contributed by atoms with Crippen LogP contribution in [0.5, 0.6) is 17.2 Å². The Labute approximate surface area is 183 Å². The van der Waals surface area contributed by atoms with Crippen molar-refractivity contribution in [2.24, 2.45) is 5.14 Å². The van der Waals surface area contributed by atoms with Gasteiger partial charge in [-0.3, -0.25) is 4.72 Å². The number of fused-ring (bicyclic) bond motifs is 1. The van der Waals surface area contributed by atoms with Crippen LogP contribution < -0.4 is 14.6 Å². The molecule has 0 unspecified atom stereocenters. The summed E-state index contributed by atoms with van der Waals surface area (Å²) in [5.41, 5.74) is 2.13. The molecule has 12 nitrogen and oxygen atoms in total. The Morgan fingerprint density at radius 1 is 1.19 bits per heavy atom. The number of aromatic hydroxyl groups is 2. The summed E-state index contributed by atoms with van der Waals surface area (Å²) in [6.45, 7) is 4.02. The third-order valence-corrected chi connectivity index (χ3v) is 5.31. The molecule has 0 bridgehead atoms. The predicted molar refractivity (Wildman–Crippen MR) is 117 cm³/mol. The van der Waals surface area contributed by atoms with Gasteiger partial charge in [0.1, 0.15) is 17.1 Å². The van der Waals surface area contributed by atoms with Gasteiger partial charge in [0.15, 0.2) is 17.3 Å². The van der Waals surface area contributed by atoms with Crippen molar-refractivity contribution in [1.29, 1.82) is 0 Å². The molecule has 5 N–H and O–H groups in total. The normalized spacial score (nSPS) is 11.9. The SMILES string of the molecule is COc1cc(-n2nnc(NS(N)(=O)=O)c2-c2cccc3c2ncn3C(C)C)c(O)cc1O. The lowest BCUT2D eigenvalue weighted by molar-refractivity contribution is 0.369. The van der Waals surface area contributed by atoms with Gasteiger partial charge >= 0.3 is 0 Å². The molecule has 2 aromatic heterocycles. The van der Waals surface area contributed by atoms with Gasteiger partial charge in [-0.1, -0.05) is 17.3 Å². The maximum absolute atomic E-state index is 11.8. The molecule has 2 heterocycles. The van der Waals surface area contributed by atoms with Crippen molar-refractivity contribution in [2.75, 3.05) is 11.8 Å². The van der Waals surface area contributed by atoms with Crippen LogP contribution in [0.15, 0.2) is 36.7 Å². The van der Waals surface area contributed by atoms with Crippen LogP contribution in [0.25, 0.3) is 28.0 Å². The van der Waals surface area contributed by atoms with Crippen molar-refractivity contribution in [3.63, 3.8) is 0 Å². The van der Waals surface area contributed by atoms with Crippen LogP contribution >= 0.6 is 0 Å². The molecule has 4 rings (SSSR count). The van der Waals surface area contributed by atoms with Crippen molar-refractivity contribution in [2.45, 2.75) is 19.9 Å². The number of para-hydroxylation sites is 1. The van der Waals surface area contributed by atoms with Gasteiger partial charge in [-0.05, 0) is 19.9 Å².